The molecule has 4 heterocycles. The molecule has 0 N–H and O–H groups in total. The summed E-state index contributed by atoms with van der Waals surface area (Å²) in [7, 11) is 0. The van der Waals surface area contributed by atoms with Crippen molar-refractivity contribution in [3.63, 3.8) is 0 Å². The summed E-state index contributed by atoms with van der Waals surface area (Å²) in [5.74, 6) is 0. The maximum absolute atomic E-state index is 6.75. The van der Waals surface area contributed by atoms with Crippen molar-refractivity contribution in [2.75, 3.05) is 14.7 Å². The number of rotatable bonds is 5. The highest BCUT2D eigenvalue weighted by Crippen LogP contribution is 2.48. The summed E-state index contributed by atoms with van der Waals surface area (Å²) in [5, 5.41) is 4.42. The van der Waals surface area contributed by atoms with Gasteiger partial charge in [-0.2, -0.15) is 0 Å². The van der Waals surface area contributed by atoms with E-state index in [9.17, 15) is 0 Å². The fourth-order valence-electron chi connectivity index (χ4n) is 11.0. The summed E-state index contributed by atoms with van der Waals surface area (Å²) in [6.45, 7) is 13.6. The zero-order valence-corrected chi connectivity index (χ0v) is 39.2. The Kier molecular flexibility index (Phi) is 8.76. The first-order valence-electron chi connectivity index (χ1n) is 23.8. The fraction of sp³-hybridized carbons (Fsp3) is 0.129. The van der Waals surface area contributed by atoms with Crippen LogP contribution in [0.15, 0.2) is 203 Å². The molecule has 0 bridgehead atoms. The summed E-state index contributed by atoms with van der Waals surface area (Å²) < 4.78 is 13.5. The van der Waals surface area contributed by atoms with Crippen molar-refractivity contribution in [1.29, 1.82) is 0 Å². The Bertz CT molecular complexity index is 3780. The minimum atomic E-state index is -0.1000. The first-order valence-corrected chi connectivity index (χ1v) is 23.8. The molecule has 0 atom stereocenters. The van der Waals surface area contributed by atoms with Crippen molar-refractivity contribution in [3.05, 3.63) is 205 Å². The zero-order chi connectivity index (χ0) is 46.1. The first kappa shape index (κ1) is 40.3. The van der Waals surface area contributed by atoms with E-state index in [2.05, 4.69) is 244 Å². The Morgan fingerprint density at radius 3 is 1.57 bits per heavy atom. The molecule has 328 valence electrons. The Balaban J connectivity index is 1.09. The van der Waals surface area contributed by atoms with Gasteiger partial charge in [0.05, 0.1) is 5.69 Å². The molecule has 2 aliphatic heterocycles. The van der Waals surface area contributed by atoms with Crippen molar-refractivity contribution < 1.29 is 8.83 Å². The van der Waals surface area contributed by atoms with E-state index in [4.69, 9.17) is 8.83 Å². The van der Waals surface area contributed by atoms with Crippen LogP contribution in [-0.4, -0.2) is 6.71 Å². The number of furan rings is 2. The predicted octanol–water partition coefficient (Wildman–Crippen LogP) is 15.6. The van der Waals surface area contributed by atoms with Gasteiger partial charge in [-0.15, -0.1) is 0 Å². The lowest BCUT2D eigenvalue weighted by molar-refractivity contribution is 0.590. The maximum Gasteiger partial charge on any atom is 0.252 e. The summed E-state index contributed by atoms with van der Waals surface area (Å²) in [6, 6.07) is 71.0. The van der Waals surface area contributed by atoms with E-state index in [1.165, 1.54) is 33.2 Å². The van der Waals surface area contributed by atoms with Gasteiger partial charge in [0.1, 0.15) is 16.7 Å². The fourth-order valence-corrected chi connectivity index (χ4v) is 11.0. The second-order valence-corrected chi connectivity index (χ2v) is 20.6. The van der Waals surface area contributed by atoms with E-state index in [0.29, 0.717) is 0 Å². The van der Waals surface area contributed by atoms with Crippen LogP contribution >= 0.6 is 0 Å². The minimum Gasteiger partial charge on any atom is -0.456 e. The van der Waals surface area contributed by atoms with Crippen LogP contribution in [0.1, 0.15) is 52.7 Å². The number of fused-ring (bicyclic) bond motifs is 10. The SMILES string of the molecule is CC(C)(C)c1ccc(N2c3cc(N(c4ccccc4)c4cccc5c4oc4ccccc45)ccc3B3c4cc5oc6ccccc6c5cc4N(c4ccc(C(C)(C)C)cc4)c4cccc2c43)cc1. The van der Waals surface area contributed by atoms with Crippen molar-refractivity contribution in [3.8, 4) is 0 Å². The Hall–Kier alpha value is -7.96. The van der Waals surface area contributed by atoms with Crippen molar-refractivity contribution in [2.45, 2.75) is 52.4 Å². The Morgan fingerprint density at radius 2 is 0.941 bits per heavy atom. The van der Waals surface area contributed by atoms with Crippen LogP contribution in [0.4, 0.5) is 51.2 Å². The van der Waals surface area contributed by atoms with Gasteiger partial charge in [0.2, 0.25) is 0 Å². The summed E-state index contributed by atoms with van der Waals surface area (Å²) >= 11 is 0. The molecule has 0 amide bonds. The highest BCUT2D eigenvalue weighted by atomic mass is 16.3. The number of hydrogen-bond donors (Lipinski definition) is 0. The van der Waals surface area contributed by atoms with Gasteiger partial charge in [-0.3, -0.25) is 0 Å². The normalized spacial score (nSPS) is 13.4. The molecule has 2 aliphatic rings. The lowest BCUT2D eigenvalue weighted by atomic mass is 9.33. The molecular weight excluding hydrogens is 830 g/mol. The van der Waals surface area contributed by atoms with Gasteiger partial charge < -0.3 is 23.5 Å². The molecule has 0 saturated carbocycles. The molecule has 0 spiro atoms. The highest BCUT2D eigenvalue weighted by molar-refractivity contribution is 7.00. The lowest BCUT2D eigenvalue weighted by Crippen LogP contribution is -2.61. The summed E-state index contributed by atoms with van der Waals surface area (Å²) in [6.07, 6.45) is 0. The van der Waals surface area contributed by atoms with Crippen LogP contribution in [0, 0.1) is 0 Å². The number of anilines is 9. The molecule has 0 aliphatic carbocycles. The van der Waals surface area contributed by atoms with Crippen LogP contribution in [-0.2, 0) is 10.8 Å². The first-order chi connectivity index (χ1) is 33.0. The molecule has 9 aromatic carbocycles. The topological polar surface area (TPSA) is 36.0 Å². The molecule has 0 unspecified atom stereocenters. The molecule has 5 nitrogen and oxygen atoms in total. The quantitative estimate of drug-likeness (QED) is 0.161. The largest absolute Gasteiger partial charge is 0.456 e. The van der Waals surface area contributed by atoms with E-state index < -0.39 is 0 Å². The van der Waals surface area contributed by atoms with Gasteiger partial charge in [0, 0.05) is 67.0 Å². The van der Waals surface area contributed by atoms with E-state index >= 15 is 0 Å². The predicted molar refractivity (Wildman–Crippen MR) is 287 cm³/mol. The van der Waals surface area contributed by atoms with E-state index in [1.807, 2.05) is 6.07 Å². The van der Waals surface area contributed by atoms with E-state index in [1.54, 1.807) is 0 Å². The molecule has 11 aromatic rings. The van der Waals surface area contributed by atoms with Gasteiger partial charge >= 0.3 is 0 Å². The Labute approximate surface area is 397 Å². The highest BCUT2D eigenvalue weighted by Gasteiger charge is 2.44. The number of nitrogens with zero attached hydrogens (tertiary/aromatic N) is 3. The van der Waals surface area contributed by atoms with Crippen LogP contribution in [0.25, 0.3) is 43.9 Å². The van der Waals surface area contributed by atoms with Gasteiger partial charge in [0.25, 0.3) is 6.71 Å². The standard InChI is InChI=1S/C62H50BN3O2/c1-61(2,3)39-26-30-42(31-27-39)65-51-21-15-22-52-59(51)63(50-38-58-48(46-19-11-12-24-56(46)67-58)37-55(50)66(52)43-32-28-40(29-33-43)62(4,5)6)49-35-34-44(36-54(49)65)64(41-16-8-7-9-17-41)53-23-14-20-47-45-18-10-13-25-57(45)68-60(47)53/h7-38H,1-6H3. The number of para-hydroxylation sites is 4. The smallest absolute Gasteiger partial charge is 0.252 e. The zero-order valence-electron chi connectivity index (χ0n) is 39.2. The Morgan fingerprint density at radius 1 is 0.397 bits per heavy atom. The van der Waals surface area contributed by atoms with Crippen molar-refractivity contribution >= 4 is 118 Å². The monoisotopic (exact) mass is 879 g/mol. The lowest BCUT2D eigenvalue weighted by Gasteiger charge is -2.44. The molecule has 6 heteroatoms. The molecule has 13 rings (SSSR count). The maximum atomic E-state index is 6.75. The molecule has 0 fully saturated rings. The second-order valence-electron chi connectivity index (χ2n) is 20.6. The molecule has 2 aromatic heterocycles. The van der Waals surface area contributed by atoms with E-state index in [0.717, 1.165) is 89.4 Å². The van der Waals surface area contributed by atoms with Crippen molar-refractivity contribution in [1.82, 2.24) is 0 Å². The van der Waals surface area contributed by atoms with Crippen LogP contribution in [0.5, 0.6) is 0 Å². The minimum absolute atomic E-state index is 0.00507. The van der Waals surface area contributed by atoms with E-state index in [-0.39, 0.29) is 17.5 Å². The van der Waals surface area contributed by atoms with Crippen molar-refractivity contribution in [2.24, 2.45) is 0 Å². The third-order valence-electron chi connectivity index (χ3n) is 14.4. The molecule has 68 heavy (non-hydrogen) atoms. The van der Waals surface area contributed by atoms with Crippen LogP contribution < -0.4 is 31.1 Å². The second kappa shape index (κ2) is 14.8. The average Bonchev–Trinajstić information content (AvgIpc) is 3.92. The van der Waals surface area contributed by atoms with Gasteiger partial charge in [0.15, 0.2) is 5.58 Å². The number of hydrogen-bond acceptors (Lipinski definition) is 5. The third kappa shape index (κ3) is 6.16. The van der Waals surface area contributed by atoms with Gasteiger partial charge in [-0.25, -0.2) is 0 Å². The van der Waals surface area contributed by atoms with Gasteiger partial charge in [-0.1, -0.05) is 145 Å². The number of benzene rings is 9. The molecule has 0 radical (unpaired) electrons. The average molecular weight is 880 g/mol. The third-order valence-corrected chi connectivity index (χ3v) is 14.4. The summed E-state index contributed by atoms with van der Waals surface area (Å²) in [4.78, 5) is 7.34. The van der Waals surface area contributed by atoms with Crippen LogP contribution in [0.2, 0.25) is 0 Å². The summed E-state index contributed by atoms with van der Waals surface area (Å²) in [5.41, 5.74) is 19.7. The molecular formula is C62H50BN3O2. The van der Waals surface area contributed by atoms with Gasteiger partial charge in [-0.05, 0) is 129 Å². The van der Waals surface area contributed by atoms with Crippen LogP contribution in [0.3, 0.4) is 0 Å². The molecule has 0 saturated heterocycles.